The van der Waals surface area contributed by atoms with Crippen LogP contribution in [0.25, 0.3) is 0 Å². The maximum absolute atomic E-state index is 12.9. The zero-order chi connectivity index (χ0) is 23.5. The van der Waals surface area contributed by atoms with Gasteiger partial charge in [0.05, 0.1) is 16.7 Å². The Labute approximate surface area is 177 Å². The average Bonchev–Trinajstić information content (AvgIpc) is 2.68. The Bertz CT molecular complexity index is 1110. The molecule has 0 radical (unpaired) electrons. The fourth-order valence-electron chi connectivity index (χ4n) is 2.93. The van der Waals surface area contributed by atoms with Gasteiger partial charge in [0, 0.05) is 12.5 Å². The Morgan fingerprint density at radius 1 is 0.806 bits per heavy atom. The molecule has 0 aliphatic heterocycles. The van der Waals surface area contributed by atoms with E-state index >= 15 is 0 Å². The van der Waals surface area contributed by atoms with Gasteiger partial charge in [-0.2, -0.15) is 0 Å². The zero-order valence-corrected chi connectivity index (χ0v) is 17.3. The highest BCUT2D eigenvalue weighted by molar-refractivity contribution is 6.16. The van der Waals surface area contributed by atoms with Crippen molar-refractivity contribution in [2.45, 2.75) is 34.3 Å². The van der Waals surface area contributed by atoms with Crippen molar-refractivity contribution in [3.05, 3.63) is 52.1 Å². The van der Waals surface area contributed by atoms with E-state index in [1.54, 1.807) is 18.2 Å². The molecule has 0 amide bonds. The summed E-state index contributed by atoms with van der Waals surface area (Å²) in [5.41, 5.74) is -1.03. The Morgan fingerprint density at radius 2 is 1.42 bits per heavy atom. The van der Waals surface area contributed by atoms with Crippen molar-refractivity contribution in [1.82, 2.24) is 0 Å². The number of phenols is 2. The maximum atomic E-state index is 12.9. The topological polar surface area (TPSA) is 144 Å². The van der Waals surface area contributed by atoms with Gasteiger partial charge in [-0.25, -0.2) is 4.79 Å². The van der Waals surface area contributed by atoms with Crippen molar-refractivity contribution in [2.75, 3.05) is 0 Å². The highest BCUT2D eigenvalue weighted by Crippen LogP contribution is 2.45. The van der Waals surface area contributed by atoms with Crippen molar-refractivity contribution in [3.8, 4) is 17.2 Å². The molecule has 0 bridgehead atoms. The highest BCUT2D eigenvalue weighted by atomic mass is 16.5. The molecule has 0 spiro atoms. The van der Waals surface area contributed by atoms with Crippen LogP contribution in [0.3, 0.4) is 0 Å². The number of aromatic hydroxyl groups is 2. The number of hydrogen-bond donors (Lipinski definition) is 2. The van der Waals surface area contributed by atoms with E-state index in [1.165, 1.54) is 13.0 Å². The highest BCUT2D eigenvalue weighted by Gasteiger charge is 2.34. The van der Waals surface area contributed by atoms with Gasteiger partial charge >= 0.3 is 11.9 Å². The van der Waals surface area contributed by atoms with Crippen molar-refractivity contribution >= 4 is 29.3 Å². The summed E-state index contributed by atoms with van der Waals surface area (Å²) >= 11 is 0. The summed E-state index contributed by atoms with van der Waals surface area (Å²) in [4.78, 5) is 60.2. The number of ketones is 3. The Morgan fingerprint density at radius 3 is 1.94 bits per heavy atom. The summed E-state index contributed by atoms with van der Waals surface area (Å²) in [5.74, 6) is -6.78. The number of carbonyl (C=O) groups excluding carboxylic acids is 5. The Hall–Kier alpha value is -4.01. The monoisotopic (exact) mass is 428 g/mol. The van der Waals surface area contributed by atoms with Crippen LogP contribution in [0, 0.1) is 0 Å². The molecule has 0 aliphatic carbocycles. The maximum Gasteiger partial charge on any atom is 0.340 e. The lowest BCUT2D eigenvalue weighted by atomic mass is 9.93. The van der Waals surface area contributed by atoms with Gasteiger partial charge in [-0.3, -0.25) is 19.2 Å². The minimum atomic E-state index is -1.17. The van der Waals surface area contributed by atoms with Crippen LogP contribution < -0.4 is 4.74 Å². The lowest BCUT2D eigenvalue weighted by Crippen LogP contribution is -2.18. The number of benzene rings is 2. The first-order chi connectivity index (χ1) is 14.5. The van der Waals surface area contributed by atoms with E-state index in [9.17, 15) is 34.2 Å². The van der Waals surface area contributed by atoms with Gasteiger partial charge < -0.3 is 19.7 Å². The van der Waals surface area contributed by atoms with E-state index in [2.05, 4.69) is 0 Å². The molecule has 2 rings (SSSR count). The van der Waals surface area contributed by atoms with Crippen LogP contribution in [0.5, 0.6) is 17.2 Å². The molecule has 0 saturated heterocycles. The minimum Gasteiger partial charge on any atom is -0.504 e. The third-order valence-corrected chi connectivity index (χ3v) is 4.26. The SMILES string of the molecule is CC(=O)Oc1c(O)c(O)c(C(C)=O)c(C(=O)OCc2cccc(C(C)=O)c2)c1C(C)=O. The smallest absolute Gasteiger partial charge is 0.340 e. The molecule has 0 atom stereocenters. The van der Waals surface area contributed by atoms with Crippen LogP contribution in [0.4, 0.5) is 0 Å². The fourth-order valence-corrected chi connectivity index (χ4v) is 2.93. The van der Waals surface area contributed by atoms with E-state index in [0.717, 1.165) is 20.8 Å². The van der Waals surface area contributed by atoms with E-state index in [0.29, 0.717) is 11.1 Å². The first-order valence-corrected chi connectivity index (χ1v) is 9.04. The lowest BCUT2D eigenvalue weighted by molar-refractivity contribution is -0.132. The molecule has 0 unspecified atom stereocenters. The van der Waals surface area contributed by atoms with Crippen LogP contribution in [0.2, 0.25) is 0 Å². The number of ether oxygens (including phenoxy) is 2. The second-order valence-electron chi connectivity index (χ2n) is 6.69. The number of rotatable bonds is 7. The average molecular weight is 428 g/mol. The van der Waals surface area contributed by atoms with E-state index < -0.39 is 57.4 Å². The predicted molar refractivity (Wildman–Crippen MR) is 107 cm³/mol. The molecule has 0 heterocycles. The molecule has 9 heteroatoms. The van der Waals surface area contributed by atoms with Gasteiger partial charge in [0.2, 0.25) is 5.75 Å². The van der Waals surface area contributed by atoms with Crippen LogP contribution >= 0.6 is 0 Å². The Kier molecular flexibility index (Phi) is 6.91. The van der Waals surface area contributed by atoms with Crippen LogP contribution in [-0.4, -0.2) is 39.5 Å². The van der Waals surface area contributed by atoms with Gasteiger partial charge in [-0.15, -0.1) is 0 Å². The fraction of sp³-hybridized carbons (Fsp3) is 0.227. The Balaban J connectivity index is 2.60. The van der Waals surface area contributed by atoms with Gasteiger partial charge in [-0.1, -0.05) is 18.2 Å². The number of Topliss-reactive ketones (excluding diaryl/α,β-unsaturated/α-hetero) is 3. The number of carbonyl (C=O) groups is 5. The standard InChI is InChI=1S/C22H20O9/c1-10(23)15-7-5-6-14(8-15)9-30-22(29)18-16(11(2)24)19(27)20(28)21(31-13(4)26)17(18)12(3)25/h5-8,27-28H,9H2,1-4H3. The van der Waals surface area contributed by atoms with Crippen molar-refractivity contribution in [2.24, 2.45) is 0 Å². The molecule has 0 saturated carbocycles. The number of esters is 2. The molecule has 31 heavy (non-hydrogen) atoms. The summed E-state index contributed by atoms with van der Waals surface area (Å²) < 4.78 is 10.0. The molecule has 9 nitrogen and oxygen atoms in total. The van der Waals surface area contributed by atoms with Crippen molar-refractivity contribution in [3.63, 3.8) is 0 Å². The van der Waals surface area contributed by atoms with Gasteiger partial charge in [0.1, 0.15) is 6.61 Å². The van der Waals surface area contributed by atoms with Crippen LogP contribution in [0.1, 0.15) is 74.7 Å². The second-order valence-corrected chi connectivity index (χ2v) is 6.69. The zero-order valence-electron chi connectivity index (χ0n) is 17.3. The molecule has 0 aromatic heterocycles. The molecule has 162 valence electrons. The van der Waals surface area contributed by atoms with E-state index in [1.807, 2.05) is 0 Å². The van der Waals surface area contributed by atoms with Crippen molar-refractivity contribution < 1.29 is 43.7 Å². The first kappa shape index (κ1) is 23.3. The molecule has 0 aliphatic rings. The van der Waals surface area contributed by atoms with Gasteiger partial charge in [0.25, 0.3) is 0 Å². The lowest BCUT2D eigenvalue weighted by Gasteiger charge is -2.18. The summed E-state index contributed by atoms with van der Waals surface area (Å²) in [6, 6.07) is 6.27. The third-order valence-electron chi connectivity index (χ3n) is 4.26. The summed E-state index contributed by atoms with van der Waals surface area (Å²) in [6.07, 6.45) is 0. The van der Waals surface area contributed by atoms with Gasteiger partial charge in [0.15, 0.2) is 28.8 Å². The van der Waals surface area contributed by atoms with E-state index in [4.69, 9.17) is 9.47 Å². The largest absolute Gasteiger partial charge is 0.504 e. The van der Waals surface area contributed by atoms with E-state index in [-0.39, 0.29) is 12.4 Å². The predicted octanol–water partition coefficient (Wildman–Crippen LogP) is 2.99. The molecule has 2 aromatic carbocycles. The molecular weight excluding hydrogens is 408 g/mol. The molecular formula is C22H20O9. The number of hydrogen-bond acceptors (Lipinski definition) is 9. The van der Waals surface area contributed by atoms with Crippen molar-refractivity contribution in [1.29, 1.82) is 0 Å². The summed E-state index contributed by atoms with van der Waals surface area (Å²) in [7, 11) is 0. The van der Waals surface area contributed by atoms with Crippen LogP contribution in [-0.2, 0) is 16.1 Å². The second kappa shape index (κ2) is 9.21. The first-order valence-electron chi connectivity index (χ1n) is 9.04. The summed E-state index contributed by atoms with van der Waals surface area (Å²) in [6.45, 7) is 4.07. The van der Waals surface area contributed by atoms with Crippen LogP contribution in [0.15, 0.2) is 24.3 Å². The molecule has 0 fully saturated rings. The normalized spacial score (nSPS) is 10.3. The quantitative estimate of drug-likeness (QED) is 0.294. The minimum absolute atomic E-state index is 0.194. The van der Waals surface area contributed by atoms with Gasteiger partial charge in [-0.05, 0) is 32.4 Å². The number of phenolic OH excluding ortho intramolecular Hbond substituents is 2. The molecule has 2 aromatic rings. The molecule has 2 N–H and O–H groups in total. The third kappa shape index (κ3) is 4.95. The summed E-state index contributed by atoms with van der Waals surface area (Å²) in [5, 5.41) is 20.4.